The lowest BCUT2D eigenvalue weighted by Crippen LogP contribution is -3.08. The van der Waals surface area contributed by atoms with Gasteiger partial charge in [0.05, 0.1) is 7.05 Å². The van der Waals surface area contributed by atoms with Gasteiger partial charge in [0.15, 0.2) is 6.54 Å². The van der Waals surface area contributed by atoms with Crippen molar-refractivity contribution in [3.63, 3.8) is 0 Å². The molecule has 1 unspecified atom stereocenters. The fraction of sp³-hybridized carbons (Fsp3) is 0.435. The Bertz CT molecular complexity index is 723. The second-order valence-electron chi connectivity index (χ2n) is 7.91. The molecule has 2 aromatic carbocycles. The minimum absolute atomic E-state index is 0.0751. The maximum atomic E-state index is 12.7. The standard InChI is InChI=1S/C23H32N2O/c1-16(2)20-12-9-13-21(17(3)4)23(20)24-22(26)15-25(6)14-19-11-8-7-10-18(19)5/h7-13,16-17H,14-15H2,1-6H3,(H,24,26)/p+1. The van der Waals surface area contributed by atoms with E-state index in [0.717, 1.165) is 12.2 Å². The third kappa shape index (κ3) is 5.18. The Hall–Kier alpha value is -2.13. The molecule has 0 spiro atoms. The Morgan fingerprint density at radius 1 is 0.962 bits per heavy atom. The molecule has 0 aliphatic rings. The maximum Gasteiger partial charge on any atom is 0.279 e. The van der Waals surface area contributed by atoms with E-state index in [4.69, 9.17) is 0 Å². The number of carbonyl (C=O) groups excluding carboxylic acids is 1. The van der Waals surface area contributed by atoms with Crippen LogP contribution in [0.25, 0.3) is 0 Å². The van der Waals surface area contributed by atoms with Gasteiger partial charge in [0.2, 0.25) is 0 Å². The van der Waals surface area contributed by atoms with Gasteiger partial charge in [-0.05, 0) is 35.4 Å². The van der Waals surface area contributed by atoms with Crippen molar-refractivity contribution in [2.24, 2.45) is 0 Å². The van der Waals surface area contributed by atoms with Crippen LogP contribution in [-0.4, -0.2) is 19.5 Å². The first-order chi connectivity index (χ1) is 12.3. The van der Waals surface area contributed by atoms with Gasteiger partial charge in [-0.15, -0.1) is 0 Å². The topological polar surface area (TPSA) is 33.5 Å². The number of likely N-dealkylation sites (N-methyl/N-ethyl adjacent to an activating group) is 1. The molecule has 2 N–H and O–H groups in total. The molecule has 0 aliphatic carbocycles. The van der Waals surface area contributed by atoms with Crippen LogP contribution in [0.15, 0.2) is 42.5 Å². The second-order valence-corrected chi connectivity index (χ2v) is 7.91. The molecule has 0 aliphatic heterocycles. The highest BCUT2D eigenvalue weighted by molar-refractivity contribution is 5.93. The normalized spacial score (nSPS) is 12.5. The number of aryl methyl sites for hydroxylation is 1. The van der Waals surface area contributed by atoms with E-state index in [1.54, 1.807) is 0 Å². The van der Waals surface area contributed by atoms with Crippen molar-refractivity contribution in [3.05, 3.63) is 64.7 Å². The van der Waals surface area contributed by atoms with E-state index in [0.29, 0.717) is 18.4 Å². The number of benzene rings is 2. The molecule has 1 amide bonds. The zero-order valence-corrected chi connectivity index (χ0v) is 17.0. The van der Waals surface area contributed by atoms with Gasteiger partial charge in [0.25, 0.3) is 5.91 Å². The molecule has 0 bridgehead atoms. The fourth-order valence-corrected chi connectivity index (χ4v) is 3.35. The van der Waals surface area contributed by atoms with E-state index >= 15 is 0 Å². The first kappa shape index (κ1) is 20.2. The summed E-state index contributed by atoms with van der Waals surface area (Å²) in [6, 6.07) is 14.7. The van der Waals surface area contributed by atoms with Crippen molar-refractivity contribution in [2.75, 3.05) is 18.9 Å². The van der Waals surface area contributed by atoms with Crippen LogP contribution in [-0.2, 0) is 11.3 Å². The summed E-state index contributed by atoms with van der Waals surface area (Å²) in [6.07, 6.45) is 0. The summed E-state index contributed by atoms with van der Waals surface area (Å²) < 4.78 is 0. The summed E-state index contributed by atoms with van der Waals surface area (Å²) >= 11 is 0. The highest BCUT2D eigenvalue weighted by Gasteiger charge is 2.18. The van der Waals surface area contributed by atoms with Crippen LogP contribution in [0, 0.1) is 6.92 Å². The maximum absolute atomic E-state index is 12.7. The van der Waals surface area contributed by atoms with Gasteiger partial charge >= 0.3 is 0 Å². The van der Waals surface area contributed by atoms with Crippen molar-refractivity contribution in [3.8, 4) is 0 Å². The van der Waals surface area contributed by atoms with Crippen molar-refractivity contribution < 1.29 is 9.69 Å². The fourth-order valence-electron chi connectivity index (χ4n) is 3.35. The highest BCUT2D eigenvalue weighted by atomic mass is 16.2. The minimum atomic E-state index is 0.0751. The Kier molecular flexibility index (Phi) is 6.98. The number of carbonyl (C=O) groups is 1. The number of para-hydroxylation sites is 1. The van der Waals surface area contributed by atoms with E-state index in [1.165, 1.54) is 27.2 Å². The van der Waals surface area contributed by atoms with E-state index < -0.39 is 0 Å². The molecule has 0 heterocycles. The molecule has 0 saturated carbocycles. The summed E-state index contributed by atoms with van der Waals surface area (Å²) in [5, 5.41) is 3.21. The van der Waals surface area contributed by atoms with Gasteiger partial charge in [-0.3, -0.25) is 4.79 Å². The third-order valence-electron chi connectivity index (χ3n) is 4.85. The van der Waals surface area contributed by atoms with E-state index in [2.05, 4.69) is 89.4 Å². The third-order valence-corrected chi connectivity index (χ3v) is 4.85. The molecule has 26 heavy (non-hydrogen) atoms. The van der Waals surface area contributed by atoms with Gasteiger partial charge in [-0.1, -0.05) is 70.2 Å². The monoisotopic (exact) mass is 353 g/mol. The van der Waals surface area contributed by atoms with Crippen LogP contribution in [0.2, 0.25) is 0 Å². The number of anilines is 1. The molecular weight excluding hydrogens is 320 g/mol. The Labute approximate surface area is 158 Å². The Balaban J connectivity index is 2.11. The van der Waals surface area contributed by atoms with Crippen molar-refractivity contribution in [1.82, 2.24) is 0 Å². The number of hydrogen-bond acceptors (Lipinski definition) is 1. The molecule has 3 nitrogen and oxygen atoms in total. The summed E-state index contributed by atoms with van der Waals surface area (Å²) in [5.41, 5.74) is 6.00. The summed E-state index contributed by atoms with van der Waals surface area (Å²) in [5.74, 6) is 0.827. The van der Waals surface area contributed by atoms with E-state index in [9.17, 15) is 4.79 Å². The number of amides is 1. The number of nitrogens with one attached hydrogen (secondary N) is 2. The molecule has 3 heteroatoms. The Morgan fingerprint density at radius 3 is 2.08 bits per heavy atom. The van der Waals surface area contributed by atoms with Gasteiger partial charge in [0.1, 0.15) is 6.54 Å². The molecule has 2 rings (SSSR count). The summed E-state index contributed by atoms with van der Waals surface area (Å²) in [6.45, 7) is 12.1. The number of rotatable bonds is 7. The summed E-state index contributed by atoms with van der Waals surface area (Å²) in [7, 11) is 2.07. The molecule has 0 radical (unpaired) electrons. The number of hydrogen-bond donors (Lipinski definition) is 2. The molecule has 0 saturated heterocycles. The van der Waals surface area contributed by atoms with Crippen LogP contribution in [0.3, 0.4) is 0 Å². The van der Waals surface area contributed by atoms with Crippen molar-refractivity contribution in [1.29, 1.82) is 0 Å². The molecule has 140 valence electrons. The quantitative estimate of drug-likeness (QED) is 0.778. The van der Waals surface area contributed by atoms with Crippen LogP contribution in [0.1, 0.15) is 61.8 Å². The van der Waals surface area contributed by atoms with Gasteiger partial charge in [-0.2, -0.15) is 0 Å². The molecule has 0 fully saturated rings. The average molecular weight is 354 g/mol. The van der Waals surface area contributed by atoms with Gasteiger partial charge in [0, 0.05) is 11.3 Å². The lowest BCUT2D eigenvalue weighted by Gasteiger charge is -2.21. The van der Waals surface area contributed by atoms with Gasteiger partial charge < -0.3 is 10.2 Å². The Morgan fingerprint density at radius 2 is 1.54 bits per heavy atom. The van der Waals surface area contributed by atoms with Crippen LogP contribution < -0.4 is 10.2 Å². The van der Waals surface area contributed by atoms with Gasteiger partial charge in [-0.25, -0.2) is 0 Å². The van der Waals surface area contributed by atoms with E-state index in [-0.39, 0.29) is 5.91 Å². The molecular formula is C23H33N2O+. The van der Waals surface area contributed by atoms with Crippen LogP contribution in [0.5, 0.6) is 0 Å². The molecule has 2 aromatic rings. The summed E-state index contributed by atoms with van der Waals surface area (Å²) in [4.78, 5) is 13.9. The zero-order chi connectivity index (χ0) is 19.3. The SMILES string of the molecule is Cc1ccccc1C[NH+](C)CC(=O)Nc1c(C(C)C)cccc1C(C)C. The highest BCUT2D eigenvalue weighted by Crippen LogP contribution is 2.32. The zero-order valence-electron chi connectivity index (χ0n) is 17.0. The number of quaternary nitrogens is 1. The smallest absolute Gasteiger partial charge is 0.279 e. The van der Waals surface area contributed by atoms with Crippen molar-refractivity contribution in [2.45, 2.75) is 53.0 Å². The second kappa shape index (κ2) is 9.00. The lowest BCUT2D eigenvalue weighted by atomic mass is 9.92. The molecule has 1 atom stereocenters. The predicted octanol–water partition coefficient (Wildman–Crippen LogP) is 3.90. The first-order valence-corrected chi connectivity index (χ1v) is 9.58. The van der Waals surface area contributed by atoms with E-state index in [1.807, 2.05) is 0 Å². The first-order valence-electron chi connectivity index (χ1n) is 9.58. The molecule has 0 aromatic heterocycles. The minimum Gasteiger partial charge on any atom is -0.326 e. The predicted molar refractivity (Wildman–Crippen MR) is 110 cm³/mol. The van der Waals surface area contributed by atoms with Crippen LogP contribution >= 0.6 is 0 Å². The lowest BCUT2D eigenvalue weighted by molar-refractivity contribution is -0.885. The largest absolute Gasteiger partial charge is 0.326 e. The van der Waals surface area contributed by atoms with Crippen molar-refractivity contribution >= 4 is 11.6 Å². The van der Waals surface area contributed by atoms with Crippen LogP contribution in [0.4, 0.5) is 5.69 Å². The average Bonchev–Trinajstić information content (AvgIpc) is 2.56.